The predicted molar refractivity (Wildman–Crippen MR) is 257 cm³/mol. The lowest BCUT2D eigenvalue weighted by molar-refractivity contribution is -0.140. The van der Waals surface area contributed by atoms with E-state index in [4.69, 9.17) is 17.3 Å². The molecule has 0 aliphatic carbocycles. The van der Waals surface area contributed by atoms with E-state index in [2.05, 4.69) is 42.4 Å². The van der Waals surface area contributed by atoms with Gasteiger partial charge in [0.05, 0.1) is 45.6 Å². The van der Waals surface area contributed by atoms with Crippen LogP contribution in [0.25, 0.3) is 27.4 Å². The fourth-order valence-electron chi connectivity index (χ4n) is 8.56. The van der Waals surface area contributed by atoms with Gasteiger partial charge in [0.25, 0.3) is 11.5 Å². The first-order valence-electron chi connectivity index (χ1n) is 22.7. The van der Waals surface area contributed by atoms with Crippen LogP contribution in [0.2, 0.25) is 5.02 Å². The number of nitrogens with zero attached hydrogens (tertiary/aromatic N) is 7. The maximum Gasteiger partial charge on any atom is 0.407 e. The molecule has 68 heavy (non-hydrogen) atoms. The second kappa shape index (κ2) is 22.3. The number of piperidine rings is 1. The Morgan fingerprint density at radius 2 is 1.71 bits per heavy atom. The molecular weight excluding hydrogens is 901 g/mol. The Morgan fingerprint density at radius 3 is 2.43 bits per heavy atom. The van der Waals surface area contributed by atoms with Crippen LogP contribution in [0, 0.1) is 5.92 Å². The molecule has 0 spiro atoms. The molecule has 2 aliphatic rings. The third-order valence-corrected chi connectivity index (χ3v) is 12.8. The van der Waals surface area contributed by atoms with Crippen molar-refractivity contribution >= 4 is 68.6 Å². The van der Waals surface area contributed by atoms with Gasteiger partial charge in [-0.25, -0.2) is 9.97 Å². The number of hydrogen-bond acceptors (Lipinski definition) is 11. The highest BCUT2D eigenvalue weighted by Crippen LogP contribution is 2.29. The lowest BCUT2D eigenvalue weighted by Gasteiger charge is -2.39. The van der Waals surface area contributed by atoms with Crippen molar-refractivity contribution in [2.75, 3.05) is 71.3 Å². The Labute approximate surface area is 396 Å². The summed E-state index contributed by atoms with van der Waals surface area (Å²) in [7, 11) is 2.09. The van der Waals surface area contributed by atoms with Crippen LogP contribution in [0.3, 0.4) is 0 Å². The number of alkyl halides is 3. The van der Waals surface area contributed by atoms with Crippen LogP contribution in [0.4, 0.5) is 18.9 Å². The van der Waals surface area contributed by atoms with Crippen LogP contribution in [0.1, 0.15) is 53.7 Å². The number of likely N-dealkylation sites (N-methyl/N-ethyl adjacent to an activating group) is 1. The Balaban J connectivity index is 0.928. The zero-order chi connectivity index (χ0) is 48.4. The molecule has 3 amide bonds. The van der Waals surface area contributed by atoms with E-state index in [9.17, 15) is 37.5 Å². The van der Waals surface area contributed by atoms with Crippen molar-refractivity contribution in [2.45, 2.75) is 56.8 Å². The number of piperazine rings is 1. The smallest absolute Gasteiger partial charge is 0.404 e. The first-order chi connectivity index (χ1) is 32.6. The highest BCUT2D eigenvalue weighted by molar-refractivity contribution is 6.35. The molecule has 2 saturated heterocycles. The van der Waals surface area contributed by atoms with Crippen molar-refractivity contribution in [3.05, 3.63) is 118 Å². The van der Waals surface area contributed by atoms with Gasteiger partial charge in [-0.2, -0.15) is 13.2 Å². The molecule has 5 N–H and O–H groups in total. The second-order valence-corrected chi connectivity index (χ2v) is 18.0. The maximum absolute atomic E-state index is 14.2. The molecule has 19 heteroatoms. The van der Waals surface area contributed by atoms with Gasteiger partial charge < -0.3 is 36.2 Å². The van der Waals surface area contributed by atoms with Gasteiger partial charge in [-0.15, -0.1) is 0 Å². The number of carbonyl (C=O) groups excluding carboxylic acids is 3. The van der Waals surface area contributed by atoms with Crippen LogP contribution in [0.5, 0.6) is 0 Å². The number of amides is 3. The van der Waals surface area contributed by atoms with Crippen molar-refractivity contribution in [1.29, 1.82) is 0 Å². The number of carbonyl (C=O) groups is 3. The van der Waals surface area contributed by atoms with Gasteiger partial charge in [-0.3, -0.25) is 28.7 Å². The number of aromatic nitrogens is 3. The summed E-state index contributed by atoms with van der Waals surface area (Å²) < 4.78 is 39.4. The molecule has 15 nitrogen and oxygen atoms in total. The summed E-state index contributed by atoms with van der Waals surface area (Å²) in [6.45, 7) is 3.94. The van der Waals surface area contributed by atoms with E-state index in [1.54, 1.807) is 35.2 Å². The van der Waals surface area contributed by atoms with E-state index < -0.39 is 24.2 Å². The summed E-state index contributed by atoms with van der Waals surface area (Å²) in [6, 6.07) is 20.9. The van der Waals surface area contributed by atoms with Gasteiger partial charge in [0.1, 0.15) is 6.54 Å². The summed E-state index contributed by atoms with van der Waals surface area (Å²) in [6.07, 6.45) is 1.27. The largest absolute Gasteiger partial charge is 0.407 e. The van der Waals surface area contributed by atoms with Crippen molar-refractivity contribution in [3.63, 3.8) is 0 Å². The highest BCUT2D eigenvalue weighted by atomic mass is 35.5. The van der Waals surface area contributed by atoms with E-state index in [0.29, 0.717) is 59.7 Å². The van der Waals surface area contributed by atoms with Crippen molar-refractivity contribution in [2.24, 2.45) is 16.6 Å². The number of aliphatic imine (C=N–C) groups is 1. The number of halogens is 4. The zero-order valence-corrected chi connectivity index (χ0v) is 38.6. The lowest BCUT2D eigenvalue weighted by atomic mass is 9.88. The maximum atomic E-state index is 14.2. The lowest BCUT2D eigenvalue weighted by Crippen LogP contribution is -2.51. The first kappa shape index (κ1) is 49.7. The summed E-state index contributed by atoms with van der Waals surface area (Å²) in [5, 5.41) is 18.7. The third kappa shape index (κ3) is 13.3. The molecule has 0 bridgehead atoms. The molecule has 360 valence electrons. The molecule has 2 aromatic heterocycles. The van der Waals surface area contributed by atoms with E-state index in [0.717, 1.165) is 44.2 Å². The number of hydrogen-bond donors (Lipinski definition) is 4. The minimum Gasteiger partial charge on any atom is -0.404 e. The minimum absolute atomic E-state index is 0.00215. The van der Waals surface area contributed by atoms with Crippen LogP contribution >= 0.6 is 11.6 Å². The van der Waals surface area contributed by atoms with Crippen LogP contribution in [-0.2, 0) is 22.6 Å². The number of aliphatic hydroxyl groups is 1. The number of pyridine rings is 1. The molecule has 7 rings (SSSR count). The summed E-state index contributed by atoms with van der Waals surface area (Å²) in [5.41, 5.74) is 6.99. The molecule has 5 aromatic rings. The Morgan fingerprint density at radius 1 is 0.971 bits per heavy atom. The molecule has 2 aliphatic heterocycles. The summed E-state index contributed by atoms with van der Waals surface area (Å²) in [4.78, 5) is 72.5. The fraction of sp³-hybridized carbons (Fsp3) is 0.408. The second-order valence-electron chi connectivity index (χ2n) is 17.6. The number of anilines is 1. The molecule has 3 aromatic carbocycles. The van der Waals surface area contributed by atoms with E-state index >= 15 is 0 Å². The Hall–Kier alpha value is -6.21. The number of likely N-dealkylation sites (tertiary alicyclic amines) is 1. The number of rotatable bonds is 17. The predicted octanol–water partition coefficient (Wildman–Crippen LogP) is 5.53. The van der Waals surface area contributed by atoms with Gasteiger partial charge in [-0.1, -0.05) is 48.0 Å². The molecule has 4 heterocycles. The van der Waals surface area contributed by atoms with Crippen LogP contribution in [-0.4, -0.2) is 136 Å². The number of nitrogens with one attached hydrogen (secondary N) is 2. The van der Waals surface area contributed by atoms with E-state index in [1.165, 1.54) is 23.0 Å². The van der Waals surface area contributed by atoms with Gasteiger partial charge >= 0.3 is 6.18 Å². The standard InChI is InChI=1S/C49H56ClF3N10O5/c1-60-20-22-61(23-21-60)17-13-44(64)58-37-10-12-39-42(26-37)57-32-63(47(39)67)31-48(68)14-18-62(19-15-48)46(66)35(24-33-6-3-2-4-7-33)8-5-16-56-45(65)34-9-11-38-40(50)27-41(59-43(38)25-34)36(28-54)29-55-30-49(51,52)53/h2-4,6-7,9-12,25-29,32,35,68H,5,8,13-24,30-31,54H2,1H3,(H,56,65)(H,58,64)/b36-28+,55-29?. The molecule has 0 saturated carbocycles. The quantitative estimate of drug-likeness (QED) is 0.0681. The molecule has 0 radical (unpaired) electrons. The zero-order valence-electron chi connectivity index (χ0n) is 37.9. The van der Waals surface area contributed by atoms with Crippen molar-refractivity contribution < 1.29 is 32.7 Å². The molecule has 2 fully saturated rings. The topological polar surface area (TPSA) is 191 Å². The molecular formula is C49H56ClF3N10O5. The molecule has 1 unspecified atom stereocenters. The number of benzene rings is 3. The van der Waals surface area contributed by atoms with Gasteiger partial charge in [0, 0.05) is 99.3 Å². The number of nitrogens with two attached hydrogens (primary N) is 1. The first-order valence-corrected chi connectivity index (χ1v) is 23.1. The summed E-state index contributed by atoms with van der Waals surface area (Å²) >= 11 is 6.48. The average Bonchev–Trinajstić information content (AvgIpc) is 3.32. The van der Waals surface area contributed by atoms with E-state index in [1.807, 2.05) is 30.3 Å². The Bertz CT molecular complexity index is 2720. The third-order valence-electron chi connectivity index (χ3n) is 12.5. The molecule has 1 atom stereocenters. The number of fused-ring (bicyclic) bond motifs is 2. The SMILES string of the molecule is CN1CCN(CCC(=O)Nc2ccc3c(=O)n(CC4(O)CCN(C(=O)C(CCCNC(=O)c5ccc6c(Cl)cc(/C(C=NCC(F)(F)F)=C/N)nc6c5)Cc5ccccc5)CC4)cnc3c2)CC1. The van der Waals surface area contributed by atoms with Crippen molar-refractivity contribution in [1.82, 2.24) is 34.6 Å². The van der Waals surface area contributed by atoms with Gasteiger partial charge in [0.2, 0.25) is 11.8 Å². The number of allylic oxidation sites excluding steroid dienone is 1. The highest BCUT2D eigenvalue weighted by Gasteiger charge is 2.36. The Kier molecular flexibility index (Phi) is 16.3. The average molecular weight is 957 g/mol. The van der Waals surface area contributed by atoms with E-state index in [-0.39, 0.29) is 84.2 Å². The monoisotopic (exact) mass is 956 g/mol. The minimum atomic E-state index is -4.49. The van der Waals surface area contributed by atoms with Crippen LogP contribution in [0.15, 0.2) is 95.1 Å². The normalized spacial score (nSPS) is 16.6. The fourth-order valence-corrected chi connectivity index (χ4v) is 8.82. The van der Waals surface area contributed by atoms with Gasteiger partial charge in [0.15, 0.2) is 0 Å². The van der Waals surface area contributed by atoms with Gasteiger partial charge in [-0.05, 0) is 81.1 Å². The summed E-state index contributed by atoms with van der Waals surface area (Å²) in [5.74, 6) is -0.967. The van der Waals surface area contributed by atoms with Crippen LogP contribution < -0.4 is 21.9 Å². The van der Waals surface area contributed by atoms with Crippen molar-refractivity contribution in [3.8, 4) is 0 Å².